The molecule has 9 nitrogen and oxygen atoms in total. The third-order valence-corrected chi connectivity index (χ3v) is 5.60. The second-order valence-electron chi connectivity index (χ2n) is 7.54. The summed E-state index contributed by atoms with van der Waals surface area (Å²) < 4.78 is 14.5. The molecule has 164 valence electrons. The summed E-state index contributed by atoms with van der Waals surface area (Å²) in [6, 6.07) is 1.52. The summed E-state index contributed by atoms with van der Waals surface area (Å²) in [7, 11) is 0. The molecule has 4 rings (SSSR count). The molecular formula is C20H24ClFN8O. The van der Waals surface area contributed by atoms with Gasteiger partial charge in [0.15, 0.2) is 17.5 Å². The van der Waals surface area contributed by atoms with Crippen LogP contribution < -0.4 is 16.4 Å². The van der Waals surface area contributed by atoms with E-state index in [9.17, 15) is 9.18 Å². The summed E-state index contributed by atoms with van der Waals surface area (Å²) in [5.74, 6) is -0.279. The number of hydrogen-bond donors (Lipinski definition) is 4. The Morgan fingerprint density at radius 2 is 2.23 bits per heavy atom. The Balaban J connectivity index is 1.59. The van der Waals surface area contributed by atoms with Gasteiger partial charge in [-0.1, -0.05) is 11.6 Å². The van der Waals surface area contributed by atoms with E-state index < -0.39 is 11.5 Å². The van der Waals surface area contributed by atoms with Crippen LogP contribution in [0.5, 0.6) is 0 Å². The van der Waals surface area contributed by atoms with Crippen LogP contribution >= 0.6 is 11.6 Å². The number of rotatable bonds is 5. The number of likely N-dealkylation sites (tertiary alicyclic amines) is 1. The zero-order chi connectivity index (χ0) is 22.0. The molecule has 31 heavy (non-hydrogen) atoms. The molecule has 11 heteroatoms. The SMILES string of the molecule is CCNC(=O)N1CCCC[C@]1(N)CNc1nc(-c2c[nH]c3ncc(Cl)cc23)ncc1F. The summed E-state index contributed by atoms with van der Waals surface area (Å²) in [5, 5.41) is 6.98. The topological polar surface area (TPSA) is 125 Å². The van der Waals surface area contributed by atoms with Crippen LogP contribution in [0.1, 0.15) is 26.2 Å². The summed E-state index contributed by atoms with van der Waals surface area (Å²) in [6.45, 7) is 3.05. The van der Waals surface area contributed by atoms with Crippen LogP contribution in [0.4, 0.5) is 15.0 Å². The number of piperidine rings is 1. The van der Waals surface area contributed by atoms with Crippen molar-refractivity contribution >= 4 is 34.5 Å². The lowest BCUT2D eigenvalue weighted by atomic mass is 9.96. The van der Waals surface area contributed by atoms with Crippen LogP contribution in [0, 0.1) is 5.82 Å². The van der Waals surface area contributed by atoms with E-state index >= 15 is 0 Å². The third kappa shape index (κ3) is 4.26. The minimum Gasteiger partial charge on any atom is -0.364 e. The van der Waals surface area contributed by atoms with Crippen LogP contribution in [0.15, 0.2) is 24.7 Å². The van der Waals surface area contributed by atoms with E-state index in [-0.39, 0.29) is 18.4 Å². The van der Waals surface area contributed by atoms with Crippen molar-refractivity contribution in [2.24, 2.45) is 5.73 Å². The van der Waals surface area contributed by atoms with Gasteiger partial charge in [0.05, 0.1) is 17.8 Å². The number of nitrogens with zero attached hydrogens (tertiary/aromatic N) is 4. The molecular weight excluding hydrogens is 423 g/mol. The third-order valence-electron chi connectivity index (χ3n) is 5.40. The molecule has 3 aromatic rings. The van der Waals surface area contributed by atoms with Gasteiger partial charge in [-0.15, -0.1) is 0 Å². The first-order chi connectivity index (χ1) is 14.9. The fraction of sp³-hybridized carbons (Fsp3) is 0.400. The number of halogens is 2. The monoisotopic (exact) mass is 446 g/mol. The van der Waals surface area contributed by atoms with E-state index in [0.29, 0.717) is 41.6 Å². The Morgan fingerprint density at radius 1 is 1.39 bits per heavy atom. The van der Waals surface area contributed by atoms with Crippen molar-refractivity contribution in [3.63, 3.8) is 0 Å². The molecule has 1 aliphatic rings. The van der Waals surface area contributed by atoms with Crippen molar-refractivity contribution in [1.82, 2.24) is 30.2 Å². The molecule has 0 radical (unpaired) electrons. The van der Waals surface area contributed by atoms with E-state index in [0.717, 1.165) is 24.4 Å². The van der Waals surface area contributed by atoms with Gasteiger partial charge in [-0.05, 0) is 32.3 Å². The smallest absolute Gasteiger partial charge is 0.318 e. The number of hydrogen-bond acceptors (Lipinski definition) is 6. The number of carbonyl (C=O) groups is 1. The first-order valence-electron chi connectivity index (χ1n) is 10.1. The molecule has 3 aromatic heterocycles. The predicted molar refractivity (Wildman–Crippen MR) is 117 cm³/mol. The Kier molecular flexibility index (Phi) is 5.92. The van der Waals surface area contributed by atoms with E-state index in [4.69, 9.17) is 17.3 Å². The van der Waals surface area contributed by atoms with Crippen molar-refractivity contribution in [2.45, 2.75) is 31.8 Å². The normalized spacial score (nSPS) is 18.9. The van der Waals surface area contributed by atoms with Gasteiger partial charge in [0.1, 0.15) is 11.3 Å². The summed E-state index contributed by atoms with van der Waals surface area (Å²) in [6.07, 6.45) is 6.70. The van der Waals surface area contributed by atoms with Gasteiger partial charge in [0, 0.05) is 36.4 Å². The minimum absolute atomic E-state index is 0.0144. The van der Waals surface area contributed by atoms with Crippen LogP contribution in [0.2, 0.25) is 5.02 Å². The lowest BCUT2D eigenvalue weighted by Crippen LogP contribution is -2.65. The molecule has 0 unspecified atom stereocenters. The average molecular weight is 447 g/mol. The molecule has 1 saturated heterocycles. The highest BCUT2D eigenvalue weighted by atomic mass is 35.5. The Bertz CT molecular complexity index is 1110. The molecule has 0 spiro atoms. The molecule has 0 saturated carbocycles. The molecule has 5 N–H and O–H groups in total. The maximum Gasteiger partial charge on any atom is 0.318 e. The molecule has 0 aliphatic carbocycles. The number of aromatic nitrogens is 4. The van der Waals surface area contributed by atoms with E-state index in [2.05, 4.69) is 30.6 Å². The molecule has 1 atom stereocenters. The molecule has 0 aromatic carbocycles. The number of nitrogens with one attached hydrogen (secondary N) is 3. The maximum absolute atomic E-state index is 14.5. The zero-order valence-electron chi connectivity index (χ0n) is 17.1. The van der Waals surface area contributed by atoms with Gasteiger partial charge in [-0.25, -0.2) is 24.1 Å². The molecule has 4 heterocycles. The Morgan fingerprint density at radius 3 is 3.03 bits per heavy atom. The van der Waals surface area contributed by atoms with Gasteiger partial charge in [-0.2, -0.15) is 0 Å². The van der Waals surface area contributed by atoms with Gasteiger partial charge in [-0.3, -0.25) is 0 Å². The summed E-state index contributed by atoms with van der Waals surface area (Å²) >= 11 is 6.06. The summed E-state index contributed by atoms with van der Waals surface area (Å²) in [5.41, 5.74) is 6.89. The fourth-order valence-electron chi connectivity index (χ4n) is 3.81. The van der Waals surface area contributed by atoms with E-state index in [1.807, 2.05) is 6.92 Å². The lowest BCUT2D eigenvalue weighted by molar-refractivity contribution is 0.0896. The van der Waals surface area contributed by atoms with Crippen molar-refractivity contribution in [1.29, 1.82) is 0 Å². The number of amides is 2. The Hall–Kier alpha value is -2.98. The molecule has 1 fully saturated rings. The number of H-pyrrole nitrogens is 1. The first-order valence-corrected chi connectivity index (χ1v) is 10.5. The van der Waals surface area contributed by atoms with Crippen molar-refractivity contribution < 1.29 is 9.18 Å². The maximum atomic E-state index is 14.5. The van der Waals surface area contributed by atoms with Crippen LogP contribution in [-0.4, -0.2) is 56.2 Å². The number of pyridine rings is 1. The number of anilines is 1. The molecule has 0 bridgehead atoms. The van der Waals surface area contributed by atoms with Gasteiger partial charge in [0.2, 0.25) is 0 Å². The van der Waals surface area contributed by atoms with Gasteiger partial charge in [0.25, 0.3) is 0 Å². The number of fused-ring (bicyclic) bond motifs is 1. The van der Waals surface area contributed by atoms with Crippen molar-refractivity contribution in [3.05, 3.63) is 35.5 Å². The van der Waals surface area contributed by atoms with Gasteiger partial charge < -0.3 is 26.3 Å². The molecule has 2 amide bonds. The highest BCUT2D eigenvalue weighted by Crippen LogP contribution is 2.29. The van der Waals surface area contributed by atoms with Crippen LogP contribution in [0.25, 0.3) is 22.4 Å². The minimum atomic E-state index is -0.951. The Labute approximate surface area is 183 Å². The second-order valence-corrected chi connectivity index (χ2v) is 7.98. The van der Waals surface area contributed by atoms with E-state index in [1.165, 1.54) is 6.20 Å². The lowest BCUT2D eigenvalue weighted by Gasteiger charge is -2.44. The average Bonchev–Trinajstić information content (AvgIpc) is 3.16. The quantitative estimate of drug-likeness (QED) is 0.477. The second kappa shape index (κ2) is 8.64. The number of carbonyl (C=O) groups excluding carboxylic acids is 1. The summed E-state index contributed by atoms with van der Waals surface area (Å²) in [4.78, 5) is 29.8. The zero-order valence-corrected chi connectivity index (χ0v) is 17.8. The van der Waals surface area contributed by atoms with Gasteiger partial charge >= 0.3 is 6.03 Å². The standard InChI is InChI=1S/C20H24ClFN8O/c1-2-24-19(31)30-6-4-3-5-20(30,23)11-28-18-15(22)10-27-17(29-18)14-9-26-16-13(14)7-12(21)8-25-16/h7-10H,2-6,11,23H2,1H3,(H,24,31)(H,25,26)(H,27,28,29)/t20-/m1/s1. The van der Waals surface area contributed by atoms with Crippen LogP contribution in [0.3, 0.4) is 0 Å². The van der Waals surface area contributed by atoms with Crippen molar-refractivity contribution in [2.75, 3.05) is 25.0 Å². The fourth-order valence-corrected chi connectivity index (χ4v) is 3.97. The molecule has 1 aliphatic heterocycles. The number of aromatic amines is 1. The highest BCUT2D eigenvalue weighted by Gasteiger charge is 2.38. The first kappa shape index (κ1) is 21.3. The predicted octanol–water partition coefficient (Wildman–Crippen LogP) is 3.09. The number of nitrogens with two attached hydrogens (primary N) is 1. The van der Waals surface area contributed by atoms with Crippen LogP contribution in [-0.2, 0) is 0 Å². The van der Waals surface area contributed by atoms with E-state index in [1.54, 1.807) is 17.2 Å². The highest BCUT2D eigenvalue weighted by molar-refractivity contribution is 6.31. The number of urea groups is 1. The largest absolute Gasteiger partial charge is 0.364 e. The van der Waals surface area contributed by atoms with Crippen molar-refractivity contribution in [3.8, 4) is 11.4 Å².